The van der Waals surface area contributed by atoms with Gasteiger partial charge in [0.25, 0.3) is 0 Å². The Bertz CT molecular complexity index is 471. The predicted molar refractivity (Wildman–Crippen MR) is 70.6 cm³/mol. The largest absolute Gasteiger partial charge is 0.465 e. The minimum atomic E-state index is -0.487. The Balaban J connectivity index is 2.20. The van der Waals surface area contributed by atoms with E-state index in [1.807, 2.05) is 0 Å². The standard InChI is InChI=1S/C14H19FN2O2/c1-10-12(14(18)19-2)7-11(8-13(10)15)9-17-5-3-16-4-6-17/h7-8,16H,3-6,9H2,1-2H3. The summed E-state index contributed by atoms with van der Waals surface area (Å²) in [6.07, 6.45) is 0. The summed E-state index contributed by atoms with van der Waals surface area (Å²) in [7, 11) is 1.31. The summed E-state index contributed by atoms with van der Waals surface area (Å²) in [5, 5.41) is 3.27. The third kappa shape index (κ3) is 3.30. The maximum Gasteiger partial charge on any atom is 0.338 e. The first-order valence-corrected chi connectivity index (χ1v) is 6.42. The Hall–Kier alpha value is -1.46. The maximum absolute atomic E-state index is 13.9. The minimum absolute atomic E-state index is 0.313. The van der Waals surface area contributed by atoms with E-state index in [1.54, 1.807) is 13.0 Å². The van der Waals surface area contributed by atoms with Crippen LogP contribution in [0.3, 0.4) is 0 Å². The Kier molecular flexibility index (Phi) is 4.50. The van der Waals surface area contributed by atoms with Crippen LogP contribution in [0.4, 0.5) is 4.39 Å². The van der Waals surface area contributed by atoms with Crippen molar-refractivity contribution in [3.63, 3.8) is 0 Å². The number of methoxy groups -OCH3 is 1. The van der Waals surface area contributed by atoms with E-state index in [9.17, 15) is 9.18 Å². The molecule has 0 aliphatic carbocycles. The van der Waals surface area contributed by atoms with Crippen molar-refractivity contribution in [2.45, 2.75) is 13.5 Å². The first-order valence-electron chi connectivity index (χ1n) is 6.42. The predicted octanol–water partition coefficient (Wildman–Crippen LogP) is 1.33. The molecule has 0 aromatic heterocycles. The highest BCUT2D eigenvalue weighted by atomic mass is 19.1. The van der Waals surface area contributed by atoms with E-state index in [1.165, 1.54) is 13.2 Å². The molecule has 19 heavy (non-hydrogen) atoms. The first kappa shape index (κ1) is 14.0. The van der Waals surface area contributed by atoms with Crippen molar-refractivity contribution in [2.75, 3.05) is 33.3 Å². The molecule has 0 bridgehead atoms. The highest BCUT2D eigenvalue weighted by Gasteiger charge is 2.16. The van der Waals surface area contributed by atoms with E-state index in [4.69, 9.17) is 0 Å². The fourth-order valence-corrected chi connectivity index (χ4v) is 2.28. The summed E-state index contributed by atoms with van der Waals surface area (Å²) in [5.41, 5.74) is 1.47. The van der Waals surface area contributed by atoms with Gasteiger partial charge in [-0.2, -0.15) is 0 Å². The van der Waals surface area contributed by atoms with E-state index in [0.717, 1.165) is 31.7 Å². The Morgan fingerprint density at radius 1 is 1.42 bits per heavy atom. The number of hydrogen-bond donors (Lipinski definition) is 1. The number of benzene rings is 1. The molecule has 1 aliphatic heterocycles. The molecule has 4 nitrogen and oxygen atoms in total. The van der Waals surface area contributed by atoms with Gasteiger partial charge in [-0.1, -0.05) is 0 Å². The monoisotopic (exact) mass is 266 g/mol. The molecule has 0 saturated carbocycles. The lowest BCUT2D eigenvalue weighted by Gasteiger charge is -2.27. The van der Waals surface area contributed by atoms with Gasteiger partial charge in [0, 0.05) is 32.7 Å². The smallest absolute Gasteiger partial charge is 0.338 e. The zero-order valence-electron chi connectivity index (χ0n) is 11.3. The van der Waals surface area contributed by atoms with Gasteiger partial charge in [0.15, 0.2) is 0 Å². The van der Waals surface area contributed by atoms with Crippen LogP contribution < -0.4 is 5.32 Å². The number of carbonyl (C=O) groups is 1. The highest BCUT2D eigenvalue weighted by Crippen LogP contribution is 2.18. The SMILES string of the molecule is COC(=O)c1cc(CN2CCNCC2)cc(F)c1C. The fraction of sp³-hybridized carbons (Fsp3) is 0.500. The van der Waals surface area contributed by atoms with Crippen molar-refractivity contribution in [2.24, 2.45) is 0 Å². The van der Waals surface area contributed by atoms with Crippen LogP contribution in [0.1, 0.15) is 21.5 Å². The fourth-order valence-electron chi connectivity index (χ4n) is 2.28. The Labute approximate surface area is 112 Å². The van der Waals surface area contributed by atoms with Gasteiger partial charge >= 0.3 is 5.97 Å². The van der Waals surface area contributed by atoms with Gasteiger partial charge in [-0.3, -0.25) is 4.90 Å². The molecule has 1 saturated heterocycles. The number of esters is 1. The lowest BCUT2D eigenvalue weighted by molar-refractivity contribution is 0.0599. The number of carbonyl (C=O) groups excluding carboxylic acids is 1. The van der Waals surface area contributed by atoms with Crippen molar-refractivity contribution < 1.29 is 13.9 Å². The molecule has 0 unspecified atom stereocenters. The lowest BCUT2D eigenvalue weighted by Crippen LogP contribution is -2.42. The molecule has 0 atom stereocenters. The average molecular weight is 266 g/mol. The molecule has 2 rings (SSSR count). The normalized spacial score (nSPS) is 16.4. The second kappa shape index (κ2) is 6.12. The van der Waals surface area contributed by atoms with Gasteiger partial charge < -0.3 is 10.1 Å². The Morgan fingerprint density at radius 3 is 2.74 bits per heavy atom. The zero-order chi connectivity index (χ0) is 13.8. The average Bonchev–Trinajstić information content (AvgIpc) is 2.43. The van der Waals surface area contributed by atoms with Gasteiger partial charge in [0.1, 0.15) is 5.82 Å². The summed E-state index contributed by atoms with van der Waals surface area (Å²) >= 11 is 0. The van der Waals surface area contributed by atoms with Crippen molar-refractivity contribution >= 4 is 5.97 Å². The number of hydrogen-bond acceptors (Lipinski definition) is 4. The van der Waals surface area contributed by atoms with Gasteiger partial charge in [0.2, 0.25) is 0 Å². The molecule has 1 aliphatic rings. The van der Waals surface area contributed by atoms with E-state index in [0.29, 0.717) is 17.7 Å². The number of piperazine rings is 1. The summed E-state index contributed by atoms with van der Waals surface area (Å²) in [6, 6.07) is 3.23. The second-order valence-electron chi connectivity index (χ2n) is 4.77. The van der Waals surface area contributed by atoms with Gasteiger partial charge in [-0.05, 0) is 30.2 Å². The number of halogens is 1. The molecule has 1 aromatic carbocycles. The molecule has 0 spiro atoms. The third-order valence-corrected chi connectivity index (χ3v) is 3.43. The molecular formula is C14H19FN2O2. The van der Waals surface area contributed by atoms with Crippen LogP contribution in [-0.4, -0.2) is 44.2 Å². The van der Waals surface area contributed by atoms with E-state index < -0.39 is 5.97 Å². The van der Waals surface area contributed by atoms with Crippen LogP contribution in [0.2, 0.25) is 0 Å². The lowest BCUT2D eigenvalue weighted by atomic mass is 10.0. The van der Waals surface area contributed by atoms with E-state index in [2.05, 4.69) is 15.0 Å². The summed E-state index contributed by atoms with van der Waals surface area (Å²) < 4.78 is 18.5. The quantitative estimate of drug-likeness (QED) is 0.838. The van der Waals surface area contributed by atoms with E-state index >= 15 is 0 Å². The topological polar surface area (TPSA) is 41.6 Å². The van der Waals surface area contributed by atoms with Crippen LogP contribution in [-0.2, 0) is 11.3 Å². The van der Waals surface area contributed by atoms with Crippen LogP contribution in [0.25, 0.3) is 0 Å². The van der Waals surface area contributed by atoms with Crippen LogP contribution in [0, 0.1) is 12.7 Å². The van der Waals surface area contributed by atoms with Crippen molar-refractivity contribution in [1.29, 1.82) is 0 Å². The maximum atomic E-state index is 13.9. The number of nitrogens with one attached hydrogen (secondary N) is 1. The molecule has 0 radical (unpaired) electrons. The van der Waals surface area contributed by atoms with Crippen molar-refractivity contribution in [1.82, 2.24) is 10.2 Å². The van der Waals surface area contributed by atoms with E-state index in [-0.39, 0.29) is 5.82 Å². The van der Waals surface area contributed by atoms with Gasteiger partial charge in [0.05, 0.1) is 12.7 Å². The minimum Gasteiger partial charge on any atom is -0.465 e. The number of ether oxygens (including phenoxy) is 1. The molecular weight excluding hydrogens is 247 g/mol. The van der Waals surface area contributed by atoms with Crippen molar-refractivity contribution in [3.05, 3.63) is 34.6 Å². The molecule has 1 fully saturated rings. The Morgan fingerprint density at radius 2 is 2.11 bits per heavy atom. The number of nitrogens with zero attached hydrogens (tertiary/aromatic N) is 1. The van der Waals surface area contributed by atoms with Crippen LogP contribution in [0.5, 0.6) is 0 Å². The molecule has 0 amide bonds. The molecule has 1 heterocycles. The first-order chi connectivity index (χ1) is 9.11. The molecule has 5 heteroatoms. The van der Waals surface area contributed by atoms with Crippen LogP contribution in [0.15, 0.2) is 12.1 Å². The summed E-state index contributed by atoms with van der Waals surface area (Å²) in [5.74, 6) is -0.841. The van der Waals surface area contributed by atoms with Gasteiger partial charge in [-0.15, -0.1) is 0 Å². The van der Waals surface area contributed by atoms with Crippen molar-refractivity contribution in [3.8, 4) is 0 Å². The molecule has 1 aromatic rings. The molecule has 104 valence electrons. The number of rotatable bonds is 3. The third-order valence-electron chi connectivity index (χ3n) is 3.43. The summed E-state index contributed by atoms with van der Waals surface area (Å²) in [4.78, 5) is 13.9. The zero-order valence-corrected chi connectivity index (χ0v) is 11.3. The highest BCUT2D eigenvalue weighted by molar-refractivity contribution is 5.91. The molecule has 1 N–H and O–H groups in total. The summed E-state index contributed by atoms with van der Waals surface area (Å²) in [6.45, 7) is 6.00. The van der Waals surface area contributed by atoms with Crippen LogP contribution >= 0.6 is 0 Å². The van der Waals surface area contributed by atoms with Gasteiger partial charge in [-0.25, -0.2) is 9.18 Å². The second-order valence-corrected chi connectivity index (χ2v) is 4.77.